The van der Waals surface area contributed by atoms with Gasteiger partial charge in [0, 0.05) is 57.3 Å². The van der Waals surface area contributed by atoms with Gasteiger partial charge in [0.05, 0.1) is 11.1 Å². The summed E-state index contributed by atoms with van der Waals surface area (Å²) in [6.45, 7) is 8.03. The Morgan fingerprint density at radius 2 is 1.57 bits per heavy atom. The summed E-state index contributed by atoms with van der Waals surface area (Å²) in [5, 5.41) is 2.23. The lowest BCUT2D eigenvalue weighted by molar-refractivity contribution is -0.136. The van der Waals surface area contributed by atoms with Crippen molar-refractivity contribution in [3.05, 3.63) is 29.3 Å². The van der Waals surface area contributed by atoms with Crippen LogP contribution in [-0.4, -0.2) is 103 Å². The summed E-state index contributed by atoms with van der Waals surface area (Å²) in [5.41, 5.74) is 1.58. The van der Waals surface area contributed by atoms with Crippen molar-refractivity contribution >= 4 is 40.9 Å². The molecule has 1 atom stereocenters. The van der Waals surface area contributed by atoms with E-state index in [1.54, 1.807) is 12.1 Å². The van der Waals surface area contributed by atoms with E-state index in [0.29, 0.717) is 17.0 Å². The highest BCUT2D eigenvalue weighted by Gasteiger charge is 2.44. The normalized spacial score (nSPS) is 24.8. The van der Waals surface area contributed by atoms with Gasteiger partial charge in [-0.25, -0.2) is 0 Å². The molecule has 4 amide bonds. The van der Waals surface area contributed by atoms with Crippen LogP contribution in [0.3, 0.4) is 0 Å². The van der Waals surface area contributed by atoms with E-state index in [9.17, 15) is 19.2 Å². The Bertz CT molecular complexity index is 1020. The molecule has 1 N–H and O–H groups in total. The van der Waals surface area contributed by atoms with Gasteiger partial charge in [-0.2, -0.15) is 0 Å². The van der Waals surface area contributed by atoms with E-state index in [4.69, 9.17) is 11.6 Å². The lowest BCUT2D eigenvalue weighted by Gasteiger charge is -2.39. The third-order valence-corrected chi connectivity index (χ3v) is 7.95. The summed E-state index contributed by atoms with van der Waals surface area (Å²) in [4.78, 5) is 58.0. The molecule has 1 unspecified atom stereocenters. The lowest BCUT2D eigenvalue weighted by Crippen LogP contribution is -2.54. The van der Waals surface area contributed by atoms with Gasteiger partial charge in [-0.3, -0.25) is 34.3 Å². The van der Waals surface area contributed by atoms with Gasteiger partial charge in [-0.15, -0.1) is 11.6 Å². The van der Waals surface area contributed by atoms with E-state index in [2.05, 4.69) is 20.0 Å². The van der Waals surface area contributed by atoms with E-state index in [1.807, 2.05) is 6.07 Å². The Kier molecular flexibility index (Phi) is 7.09. The van der Waals surface area contributed by atoms with Crippen molar-refractivity contribution in [2.24, 2.45) is 5.92 Å². The fraction of sp³-hybridized carbons (Fsp3) is 0.600. The van der Waals surface area contributed by atoms with Crippen molar-refractivity contribution in [2.75, 3.05) is 63.1 Å². The van der Waals surface area contributed by atoms with Gasteiger partial charge in [-0.05, 0) is 56.5 Å². The van der Waals surface area contributed by atoms with Gasteiger partial charge in [0.2, 0.25) is 11.8 Å². The number of alkyl halides is 1. The van der Waals surface area contributed by atoms with Crippen LogP contribution in [0.5, 0.6) is 0 Å². The Labute approximate surface area is 210 Å². The summed E-state index contributed by atoms with van der Waals surface area (Å²) < 4.78 is 0. The van der Waals surface area contributed by atoms with Crippen molar-refractivity contribution < 1.29 is 19.2 Å². The fourth-order valence-corrected chi connectivity index (χ4v) is 5.96. The second-order valence-electron chi connectivity index (χ2n) is 9.94. The van der Waals surface area contributed by atoms with E-state index >= 15 is 0 Å². The molecule has 4 aliphatic rings. The SMILES string of the molecule is O=C1CCC(N2C(=O)c3ccc(N4CCN(CC5CCN(CCCl)CC5)CC4)cc3C2=O)C(=O)N1. The maximum Gasteiger partial charge on any atom is 0.262 e. The summed E-state index contributed by atoms with van der Waals surface area (Å²) >= 11 is 5.87. The molecule has 188 valence electrons. The number of halogens is 1. The number of nitrogens with zero attached hydrogens (tertiary/aromatic N) is 4. The van der Waals surface area contributed by atoms with Gasteiger partial charge in [-0.1, -0.05) is 0 Å². The van der Waals surface area contributed by atoms with Crippen LogP contribution in [-0.2, 0) is 9.59 Å². The number of likely N-dealkylation sites (tertiary alicyclic amines) is 1. The molecule has 0 radical (unpaired) electrons. The Balaban J connectivity index is 1.18. The molecular weight excluding hydrogens is 470 g/mol. The first-order valence-electron chi connectivity index (χ1n) is 12.6. The molecule has 35 heavy (non-hydrogen) atoms. The molecule has 1 aromatic rings. The molecule has 9 nitrogen and oxygen atoms in total. The van der Waals surface area contributed by atoms with Crippen molar-refractivity contribution in [2.45, 2.75) is 31.7 Å². The topological polar surface area (TPSA) is 93.3 Å². The number of piperidine rings is 2. The molecule has 10 heteroatoms. The van der Waals surface area contributed by atoms with Gasteiger partial charge >= 0.3 is 0 Å². The zero-order valence-corrected chi connectivity index (χ0v) is 20.6. The van der Waals surface area contributed by atoms with Crippen LogP contribution in [0.1, 0.15) is 46.4 Å². The van der Waals surface area contributed by atoms with E-state index in [0.717, 1.165) is 68.9 Å². The van der Waals surface area contributed by atoms with Gasteiger partial charge in [0.15, 0.2) is 0 Å². The Morgan fingerprint density at radius 3 is 2.26 bits per heavy atom. The second-order valence-corrected chi connectivity index (χ2v) is 10.3. The largest absolute Gasteiger partial charge is 0.369 e. The van der Waals surface area contributed by atoms with Gasteiger partial charge in [0.1, 0.15) is 6.04 Å². The molecule has 3 saturated heterocycles. The zero-order chi connectivity index (χ0) is 24.5. The maximum atomic E-state index is 13.1. The van der Waals surface area contributed by atoms with Crippen LogP contribution < -0.4 is 10.2 Å². The smallest absolute Gasteiger partial charge is 0.262 e. The number of fused-ring (bicyclic) bond motifs is 1. The first kappa shape index (κ1) is 24.2. The van der Waals surface area contributed by atoms with Gasteiger partial charge < -0.3 is 9.80 Å². The molecule has 0 bridgehead atoms. The molecule has 3 fully saturated rings. The number of hydrogen-bond donors (Lipinski definition) is 1. The predicted octanol–water partition coefficient (Wildman–Crippen LogP) is 1.16. The minimum absolute atomic E-state index is 0.117. The summed E-state index contributed by atoms with van der Waals surface area (Å²) in [7, 11) is 0. The highest BCUT2D eigenvalue weighted by Crippen LogP contribution is 2.31. The molecule has 4 aliphatic heterocycles. The standard InChI is InChI=1S/C25H32ClN5O4/c26-7-10-28-8-5-17(6-9-28)16-29-11-13-30(14-12-29)18-1-2-19-20(15-18)25(35)31(24(19)34)21-3-4-22(32)27-23(21)33/h1-2,15,17,21H,3-14,16H2,(H,27,32,33). The second kappa shape index (κ2) is 10.2. The molecule has 1 aromatic carbocycles. The predicted molar refractivity (Wildman–Crippen MR) is 132 cm³/mol. The first-order valence-corrected chi connectivity index (χ1v) is 13.1. The van der Waals surface area contributed by atoms with Crippen molar-refractivity contribution in [3.63, 3.8) is 0 Å². The van der Waals surface area contributed by atoms with Crippen molar-refractivity contribution in [1.82, 2.24) is 20.0 Å². The van der Waals surface area contributed by atoms with Gasteiger partial charge in [0.25, 0.3) is 11.8 Å². The van der Waals surface area contributed by atoms with Crippen molar-refractivity contribution in [3.8, 4) is 0 Å². The molecule has 0 aliphatic carbocycles. The number of piperazine rings is 1. The molecular formula is C25H32ClN5O4. The average Bonchev–Trinajstić information content (AvgIpc) is 3.10. The number of hydrogen-bond acceptors (Lipinski definition) is 7. The maximum absolute atomic E-state index is 13.1. The number of carbonyl (C=O) groups excluding carboxylic acids is 4. The minimum atomic E-state index is -0.936. The number of nitrogens with one attached hydrogen (secondary N) is 1. The number of amides is 4. The summed E-state index contributed by atoms with van der Waals surface area (Å²) in [6, 6.07) is 4.43. The minimum Gasteiger partial charge on any atom is -0.369 e. The number of rotatable bonds is 6. The van der Waals surface area contributed by atoms with Crippen LogP contribution in [0.4, 0.5) is 5.69 Å². The Morgan fingerprint density at radius 1 is 0.857 bits per heavy atom. The number of anilines is 1. The van der Waals surface area contributed by atoms with Crippen LogP contribution in [0.2, 0.25) is 0 Å². The third kappa shape index (κ3) is 4.94. The fourth-order valence-electron chi connectivity index (χ4n) is 5.72. The quantitative estimate of drug-likeness (QED) is 0.462. The van der Waals surface area contributed by atoms with Crippen molar-refractivity contribution in [1.29, 1.82) is 0 Å². The summed E-state index contributed by atoms with van der Waals surface area (Å²) in [5.74, 6) is -0.453. The van der Waals surface area contributed by atoms with E-state index in [-0.39, 0.29) is 18.7 Å². The summed E-state index contributed by atoms with van der Waals surface area (Å²) in [6.07, 6.45) is 2.73. The number of imide groups is 2. The van der Waals surface area contributed by atoms with Crippen LogP contribution in [0.25, 0.3) is 0 Å². The number of benzene rings is 1. The van der Waals surface area contributed by atoms with E-state index in [1.165, 1.54) is 12.8 Å². The lowest BCUT2D eigenvalue weighted by atomic mass is 9.96. The highest BCUT2D eigenvalue weighted by atomic mass is 35.5. The average molecular weight is 502 g/mol. The third-order valence-electron chi connectivity index (χ3n) is 7.79. The first-order chi connectivity index (χ1) is 16.9. The van der Waals surface area contributed by atoms with Crippen LogP contribution >= 0.6 is 11.6 Å². The Hall–Kier alpha value is -2.49. The zero-order valence-electron chi connectivity index (χ0n) is 19.9. The number of carbonyl (C=O) groups is 4. The van der Waals surface area contributed by atoms with Crippen LogP contribution in [0.15, 0.2) is 18.2 Å². The van der Waals surface area contributed by atoms with E-state index < -0.39 is 23.8 Å². The molecule has 0 saturated carbocycles. The molecule has 4 heterocycles. The molecule has 0 spiro atoms. The van der Waals surface area contributed by atoms with Crippen LogP contribution in [0, 0.1) is 5.92 Å². The monoisotopic (exact) mass is 501 g/mol. The molecule has 0 aromatic heterocycles. The molecule has 5 rings (SSSR count). The highest BCUT2D eigenvalue weighted by molar-refractivity contribution is 6.23.